The summed E-state index contributed by atoms with van der Waals surface area (Å²) >= 11 is 2.45. The molecule has 328 valence electrons. The van der Waals surface area contributed by atoms with Crippen molar-refractivity contribution < 1.29 is 28.2 Å². The topological polar surface area (TPSA) is 36.9 Å². The predicted octanol–water partition coefficient (Wildman–Crippen LogP) is 15.3. The SMILES string of the molecule is [2H]C([2H])([2H])c1cc(-n2c3[c-]c(Oc4[c-]c(-n5[c](=[Pt])n(-c6c(-c7ccccc7)cccc6-c6ccccc6)c6ccccc65)ccc4)ccc3c3cc4c(cc32)C(C)(C)CCC4)ncc1-c1ccccc1. The van der Waals surface area contributed by atoms with Crippen LogP contribution in [0.25, 0.3) is 83.4 Å². The van der Waals surface area contributed by atoms with Crippen LogP contribution in [0.4, 0.5) is 0 Å². The normalized spacial score (nSPS) is 14.2. The second-order valence-corrected chi connectivity index (χ2v) is 19.0. The van der Waals surface area contributed by atoms with E-state index in [1.165, 1.54) is 11.1 Å². The van der Waals surface area contributed by atoms with Crippen LogP contribution < -0.4 is 4.74 Å². The zero-order chi connectivity index (χ0) is 47.7. The minimum Gasteiger partial charge on any atom is -0.0622 e. The van der Waals surface area contributed by atoms with Crippen molar-refractivity contribution in [1.29, 1.82) is 0 Å². The molecule has 0 radical (unpaired) electrons. The van der Waals surface area contributed by atoms with Crippen LogP contribution in [0.5, 0.6) is 11.5 Å². The molecular weight excluding hydrogens is 1000 g/mol. The van der Waals surface area contributed by atoms with Gasteiger partial charge in [-0.15, -0.1) is 0 Å². The fourth-order valence-corrected chi connectivity index (χ4v) is 11.3. The van der Waals surface area contributed by atoms with Crippen molar-refractivity contribution in [2.45, 2.75) is 45.4 Å². The Hall–Kier alpha value is -7.33. The molecule has 11 aromatic rings. The molecule has 0 amide bonds. The minimum atomic E-state index is -2.39. The molecule has 1 aliphatic rings. The number of rotatable bonds is 8. The van der Waals surface area contributed by atoms with Gasteiger partial charge in [0.15, 0.2) is 0 Å². The van der Waals surface area contributed by atoms with E-state index in [0.29, 0.717) is 22.9 Å². The Morgan fingerprint density at radius 1 is 0.597 bits per heavy atom. The van der Waals surface area contributed by atoms with E-state index in [1.807, 2.05) is 48.5 Å². The number of hydrogen-bond acceptors (Lipinski definition) is 2. The van der Waals surface area contributed by atoms with Crippen molar-refractivity contribution in [1.82, 2.24) is 18.7 Å². The summed E-state index contributed by atoms with van der Waals surface area (Å²) in [6, 6.07) is 69.5. The van der Waals surface area contributed by atoms with E-state index < -0.39 is 6.85 Å². The third-order valence-electron chi connectivity index (χ3n) is 13.4. The Morgan fingerprint density at radius 3 is 1.91 bits per heavy atom. The number of fused-ring (bicyclic) bond motifs is 5. The molecule has 0 saturated heterocycles. The second-order valence-electron chi connectivity index (χ2n) is 18.0. The van der Waals surface area contributed by atoms with Crippen molar-refractivity contribution in [3.05, 3.63) is 221 Å². The molecule has 0 atom stereocenters. The van der Waals surface area contributed by atoms with Crippen LogP contribution in [0.1, 0.15) is 47.5 Å². The molecule has 0 fully saturated rings. The maximum absolute atomic E-state index is 8.68. The van der Waals surface area contributed by atoms with Crippen LogP contribution in [0.2, 0.25) is 0 Å². The van der Waals surface area contributed by atoms with Crippen molar-refractivity contribution in [3.63, 3.8) is 0 Å². The third-order valence-corrected chi connectivity index (χ3v) is 14.4. The first-order chi connectivity index (χ1) is 34.0. The minimum absolute atomic E-state index is 0.0199. The van der Waals surface area contributed by atoms with Gasteiger partial charge in [-0.05, 0) is 53.8 Å². The Balaban J connectivity index is 1.00. The molecule has 12 rings (SSSR count). The Labute approximate surface area is 405 Å². The summed E-state index contributed by atoms with van der Waals surface area (Å²) in [6.45, 7) is 2.24. The van der Waals surface area contributed by atoms with Crippen LogP contribution in [-0.4, -0.2) is 18.7 Å². The molecule has 1 aliphatic carbocycles. The van der Waals surface area contributed by atoms with Gasteiger partial charge in [0.1, 0.15) is 0 Å². The molecule has 0 saturated carbocycles. The zero-order valence-corrected chi connectivity index (χ0v) is 39.3. The molecule has 3 aromatic heterocycles. The maximum atomic E-state index is 8.68. The number of benzene rings is 8. The van der Waals surface area contributed by atoms with Crippen LogP contribution in [0.15, 0.2) is 188 Å². The Bertz CT molecular complexity index is 3810. The molecule has 0 aliphatic heterocycles. The molecule has 67 heavy (non-hydrogen) atoms. The number of hydrogen-bond donors (Lipinski definition) is 0. The molecule has 8 aromatic carbocycles. The van der Waals surface area contributed by atoms with E-state index >= 15 is 0 Å². The van der Waals surface area contributed by atoms with Gasteiger partial charge < -0.3 is 0 Å². The first-order valence-electron chi connectivity index (χ1n) is 24.2. The molecule has 5 nitrogen and oxygen atoms in total. The predicted molar refractivity (Wildman–Crippen MR) is 269 cm³/mol. The second kappa shape index (κ2) is 16.5. The van der Waals surface area contributed by atoms with Gasteiger partial charge in [-0.25, -0.2) is 0 Å². The summed E-state index contributed by atoms with van der Waals surface area (Å²) in [5.41, 5.74) is 14.5. The molecular formula is C61H46N4OPt-2. The van der Waals surface area contributed by atoms with Gasteiger partial charge in [0, 0.05) is 15.9 Å². The van der Waals surface area contributed by atoms with Crippen LogP contribution in [-0.2, 0) is 31.2 Å². The van der Waals surface area contributed by atoms with E-state index in [1.54, 1.807) is 12.3 Å². The molecule has 0 spiro atoms. The zero-order valence-electron chi connectivity index (χ0n) is 40.0. The molecule has 0 bridgehead atoms. The number of imidazole rings is 1. The third kappa shape index (κ3) is 7.12. The number of pyridine rings is 1. The van der Waals surface area contributed by atoms with Crippen molar-refractivity contribution in [2.24, 2.45) is 0 Å². The summed E-state index contributed by atoms with van der Waals surface area (Å²) in [7, 11) is 0. The van der Waals surface area contributed by atoms with E-state index in [2.05, 4.69) is 186 Å². The summed E-state index contributed by atoms with van der Waals surface area (Å²) in [5, 5.41) is 2.05. The Kier molecular flexibility index (Phi) is 9.33. The van der Waals surface area contributed by atoms with Crippen LogP contribution in [0, 0.1) is 22.8 Å². The summed E-state index contributed by atoms with van der Waals surface area (Å²) in [5.74, 6) is 1.53. The van der Waals surface area contributed by atoms with Crippen molar-refractivity contribution in [3.8, 4) is 62.1 Å². The average molecular weight is 1050 g/mol. The van der Waals surface area contributed by atoms with E-state index in [0.717, 1.165) is 95.1 Å². The number of nitrogens with zero attached hydrogens (tertiary/aromatic N) is 4. The number of ether oxygens (including phenoxy) is 1. The van der Waals surface area contributed by atoms with E-state index in [-0.39, 0.29) is 11.0 Å². The fraction of sp³-hybridized carbons (Fsp3) is 0.115. The van der Waals surface area contributed by atoms with Gasteiger partial charge in [0.25, 0.3) is 0 Å². The van der Waals surface area contributed by atoms with Crippen molar-refractivity contribution in [2.75, 3.05) is 0 Å². The number of aromatic nitrogens is 4. The van der Waals surface area contributed by atoms with Gasteiger partial charge in [0.05, 0.1) is 0 Å². The van der Waals surface area contributed by atoms with Crippen LogP contribution >= 0.6 is 0 Å². The van der Waals surface area contributed by atoms with Crippen LogP contribution in [0.3, 0.4) is 0 Å². The van der Waals surface area contributed by atoms with Gasteiger partial charge in [-0.2, -0.15) is 0 Å². The first kappa shape index (κ1) is 37.8. The van der Waals surface area contributed by atoms with Gasteiger partial charge in [-0.1, -0.05) is 44.2 Å². The Morgan fingerprint density at radius 2 is 1.22 bits per heavy atom. The average Bonchev–Trinajstić information content (AvgIpc) is 3.85. The molecule has 3 heterocycles. The number of para-hydroxylation sites is 3. The standard InChI is InChI=1S/C61H46N4O.Pt/c1-41-34-59(62-39-53(41)44-22-11-6-12-23-44)65-57-37-48(31-32-51(57)52-35-45-24-17-33-61(2,3)54(45)38-58(52)65)66-47-26-15-25-46(36-47)63-40-64(56-30-14-13-29-55(56)63)60-49(42-18-7-4-8-19-42)27-16-28-50(60)43-20-9-5-10-21-43;/h4-16,18-23,25-32,34-35,38-39H,17,24,33H2,1-3H3;/q-2;/i1D3;. The fourth-order valence-electron chi connectivity index (χ4n) is 10.2. The first-order valence-corrected chi connectivity index (χ1v) is 23.9. The quantitative estimate of drug-likeness (QED) is 0.142. The van der Waals surface area contributed by atoms with E-state index in [9.17, 15) is 0 Å². The molecule has 0 unspecified atom stereocenters. The number of aryl methyl sites for hydroxylation is 2. The van der Waals surface area contributed by atoms with Gasteiger partial charge in [-0.3, -0.25) is 0 Å². The van der Waals surface area contributed by atoms with Crippen molar-refractivity contribution >= 4 is 32.8 Å². The van der Waals surface area contributed by atoms with Gasteiger partial charge >= 0.3 is 294 Å². The monoisotopic (exact) mass is 1050 g/mol. The summed E-state index contributed by atoms with van der Waals surface area (Å²) in [4.78, 5) is 5.02. The molecule has 6 heteroatoms. The molecule has 0 N–H and O–H groups in total. The summed E-state index contributed by atoms with van der Waals surface area (Å²) < 4.78 is 40.4. The smallest absolute Gasteiger partial charge is 0.0622 e. The van der Waals surface area contributed by atoms with Gasteiger partial charge in [0.2, 0.25) is 0 Å². The summed E-state index contributed by atoms with van der Waals surface area (Å²) in [6.07, 6.45) is 4.93. The van der Waals surface area contributed by atoms with E-state index in [4.69, 9.17) is 13.8 Å².